The van der Waals surface area contributed by atoms with E-state index in [1.807, 2.05) is 6.07 Å². The van der Waals surface area contributed by atoms with Crippen molar-refractivity contribution in [2.24, 2.45) is 0 Å². The second-order valence-electron chi connectivity index (χ2n) is 6.05. The molecule has 1 heterocycles. The van der Waals surface area contributed by atoms with Crippen molar-refractivity contribution in [2.45, 2.75) is 19.4 Å². The number of nitrogens with zero attached hydrogens (tertiary/aromatic N) is 3. The van der Waals surface area contributed by atoms with Crippen LogP contribution in [0.5, 0.6) is 5.75 Å². The van der Waals surface area contributed by atoms with Gasteiger partial charge in [-0.1, -0.05) is 12.1 Å². The van der Waals surface area contributed by atoms with E-state index in [-0.39, 0.29) is 29.3 Å². The van der Waals surface area contributed by atoms with Gasteiger partial charge in [0.05, 0.1) is 35.0 Å². The molecule has 0 bridgehead atoms. The molecule has 1 amide bonds. The molecule has 0 spiro atoms. The van der Waals surface area contributed by atoms with Gasteiger partial charge in [0, 0.05) is 25.1 Å². The van der Waals surface area contributed by atoms with Gasteiger partial charge in [0.15, 0.2) is 0 Å². The van der Waals surface area contributed by atoms with E-state index >= 15 is 0 Å². The van der Waals surface area contributed by atoms with Gasteiger partial charge in [-0.05, 0) is 24.6 Å². The highest BCUT2D eigenvalue weighted by Gasteiger charge is 2.14. The van der Waals surface area contributed by atoms with Crippen molar-refractivity contribution in [3.63, 3.8) is 0 Å². The predicted molar refractivity (Wildman–Crippen MR) is 104 cm³/mol. The van der Waals surface area contributed by atoms with Crippen LogP contribution < -0.4 is 15.6 Å². The second-order valence-corrected chi connectivity index (χ2v) is 6.05. The van der Waals surface area contributed by atoms with Crippen LogP contribution in [-0.4, -0.2) is 27.5 Å². The number of nitro benzene ring substituents is 1. The fourth-order valence-corrected chi connectivity index (χ4v) is 2.80. The number of non-ortho nitro benzene ring substituents is 1. The average Bonchev–Trinajstić information content (AvgIpc) is 2.69. The normalized spacial score (nSPS) is 10.6. The first-order valence-corrected chi connectivity index (χ1v) is 8.56. The summed E-state index contributed by atoms with van der Waals surface area (Å²) in [5.74, 6) is -0.00510. The fourth-order valence-electron chi connectivity index (χ4n) is 2.80. The van der Waals surface area contributed by atoms with E-state index in [9.17, 15) is 19.7 Å². The summed E-state index contributed by atoms with van der Waals surface area (Å²) >= 11 is 0. The Labute approximate surface area is 159 Å². The van der Waals surface area contributed by atoms with Crippen molar-refractivity contribution in [1.29, 1.82) is 0 Å². The Kier molecular flexibility index (Phi) is 5.64. The molecule has 0 saturated heterocycles. The Bertz CT molecular complexity index is 1090. The molecular formula is C19H18N4O5. The van der Waals surface area contributed by atoms with Gasteiger partial charge in [-0.2, -0.15) is 0 Å². The lowest BCUT2D eigenvalue weighted by Gasteiger charge is -2.10. The molecule has 28 heavy (non-hydrogen) atoms. The van der Waals surface area contributed by atoms with Crippen LogP contribution in [0, 0.1) is 10.1 Å². The Morgan fingerprint density at radius 1 is 1.29 bits per heavy atom. The highest BCUT2D eigenvalue weighted by Crippen LogP contribution is 2.29. The summed E-state index contributed by atoms with van der Waals surface area (Å²) in [6, 6.07) is 11.0. The van der Waals surface area contributed by atoms with Crippen LogP contribution in [0.25, 0.3) is 10.9 Å². The SMILES string of the molecule is COc1ccc([N+](=O)[O-])cc1NC(=O)CCCn1cnc2ccccc2c1=O. The molecule has 0 unspecified atom stereocenters. The molecule has 0 aliphatic heterocycles. The number of aromatic nitrogens is 2. The number of nitro groups is 1. The highest BCUT2D eigenvalue weighted by molar-refractivity contribution is 5.92. The van der Waals surface area contributed by atoms with E-state index in [0.29, 0.717) is 29.6 Å². The van der Waals surface area contributed by atoms with Crippen molar-refractivity contribution >= 4 is 28.2 Å². The standard InChI is InChI=1S/C19H18N4O5/c1-28-17-9-8-13(23(26)27)11-16(17)21-18(24)7-4-10-22-12-20-15-6-3-2-5-14(15)19(22)25/h2-3,5-6,8-9,11-12H,4,7,10H2,1H3,(H,21,24). The van der Waals surface area contributed by atoms with Crippen LogP contribution in [0.2, 0.25) is 0 Å². The molecule has 0 radical (unpaired) electrons. The molecule has 9 nitrogen and oxygen atoms in total. The third-order valence-corrected chi connectivity index (χ3v) is 4.20. The van der Waals surface area contributed by atoms with E-state index in [1.165, 1.54) is 36.2 Å². The number of carbonyl (C=O) groups excluding carboxylic acids is 1. The van der Waals surface area contributed by atoms with Crippen molar-refractivity contribution in [1.82, 2.24) is 9.55 Å². The van der Waals surface area contributed by atoms with Gasteiger partial charge in [-0.15, -0.1) is 0 Å². The third kappa shape index (κ3) is 4.14. The monoisotopic (exact) mass is 382 g/mol. The highest BCUT2D eigenvalue weighted by atomic mass is 16.6. The maximum Gasteiger partial charge on any atom is 0.271 e. The minimum absolute atomic E-state index is 0.130. The summed E-state index contributed by atoms with van der Waals surface area (Å²) in [4.78, 5) is 39.2. The third-order valence-electron chi connectivity index (χ3n) is 4.20. The minimum atomic E-state index is -0.547. The smallest absolute Gasteiger partial charge is 0.271 e. The molecule has 0 saturated carbocycles. The molecule has 0 aliphatic rings. The number of hydrogen-bond acceptors (Lipinski definition) is 6. The summed E-state index contributed by atoms with van der Waals surface area (Å²) < 4.78 is 6.58. The van der Waals surface area contributed by atoms with Crippen LogP contribution in [0.15, 0.2) is 53.6 Å². The Morgan fingerprint density at radius 2 is 2.07 bits per heavy atom. The zero-order valence-electron chi connectivity index (χ0n) is 15.1. The lowest BCUT2D eigenvalue weighted by atomic mass is 10.2. The number of ether oxygens (including phenoxy) is 1. The van der Waals surface area contributed by atoms with Gasteiger partial charge < -0.3 is 10.1 Å². The lowest BCUT2D eigenvalue weighted by molar-refractivity contribution is -0.384. The predicted octanol–water partition coefficient (Wildman–Crippen LogP) is 2.73. The Balaban J connectivity index is 1.64. The summed E-state index contributed by atoms with van der Waals surface area (Å²) in [5.41, 5.74) is 0.543. The summed E-state index contributed by atoms with van der Waals surface area (Å²) in [6.07, 6.45) is 2.00. The molecule has 3 rings (SSSR count). The molecular weight excluding hydrogens is 364 g/mol. The lowest BCUT2D eigenvalue weighted by Crippen LogP contribution is -2.21. The minimum Gasteiger partial charge on any atom is -0.495 e. The van der Waals surface area contributed by atoms with Gasteiger partial charge in [0.1, 0.15) is 5.75 Å². The Morgan fingerprint density at radius 3 is 2.82 bits per heavy atom. The average molecular weight is 382 g/mol. The first-order chi connectivity index (χ1) is 13.5. The van der Waals surface area contributed by atoms with Gasteiger partial charge >= 0.3 is 0 Å². The van der Waals surface area contributed by atoms with Crippen LogP contribution in [0.4, 0.5) is 11.4 Å². The second kappa shape index (κ2) is 8.30. The number of nitrogens with one attached hydrogen (secondary N) is 1. The Hall–Kier alpha value is -3.75. The number of fused-ring (bicyclic) bond motifs is 1. The molecule has 1 N–H and O–H groups in total. The number of amides is 1. The first kappa shape index (κ1) is 19.0. The first-order valence-electron chi connectivity index (χ1n) is 8.56. The van der Waals surface area contributed by atoms with Crippen LogP contribution in [0.1, 0.15) is 12.8 Å². The van der Waals surface area contributed by atoms with Crippen molar-refractivity contribution in [3.05, 3.63) is 69.3 Å². The number of carbonyl (C=O) groups is 1. The van der Waals surface area contributed by atoms with E-state index in [4.69, 9.17) is 4.74 Å². The molecule has 9 heteroatoms. The quantitative estimate of drug-likeness (QED) is 0.496. The maximum atomic E-state index is 12.4. The maximum absolute atomic E-state index is 12.4. The molecule has 0 fully saturated rings. The van der Waals surface area contributed by atoms with Crippen molar-refractivity contribution in [2.75, 3.05) is 12.4 Å². The zero-order chi connectivity index (χ0) is 20.1. The topological polar surface area (TPSA) is 116 Å². The number of hydrogen-bond donors (Lipinski definition) is 1. The molecule has 0 aliphatic carbocycles. The van der Waals surface area contributed by atoms with Crippen LogP contribution >= 0.6 is 0 Å². The molecule has 2 aromatic carbocycles. The molecule has 3 aromatic rings. The van der Waals surface area contributed by atoms with E-state index in [2.05, 4.69) is 10.3 Å². The molecule has 144 valence electrons. The van der Waals surface area contributed by atoms with E-state index in [1.54, 1.807) is 18.2 Å². The number of para-hydroxylation sites is 1. The summed E-state index contributed by atoms with van der Waals surface area (Å²) in [7, 11) is 1.41. The van der Waals surface area contributed by atoms with Crippen LogP contribution in [0.3, 0.4) is 0 Å². The fraction of sp³-hybridized carbons (Fsp3) is 0.211. The van der Waals surface area contributed by atoms with Crippen molar-refractivity contribution < 1.29 is 14.5 Å². The van der Waals surface area contributed by atoms with Crippen LogP contribution in [-0.2, 0) is 11.3 Å². The number of anilines is 1. The van der Waals surface area contributed by atoms with Crippen molar-refractivity contribution in [3.8, 4) is 5.75 Å². The largest absolute Gasteiger partial charge is 0.495 e. The number of methoxy groups -OCH3 is 1. The zero-order valence-corrected chi connectivity index (χ0v) is 15.1. The van der Waals surface area contributed by atoms with E-state index < -0.39 is 4.92 Å². The van der Waals surface area contributed by atoms with Gasteiger partial charge in [0.25, 0.3) is 11.2 Å². The summed E-state index contributed by atoms with van der Waals surface area (Å²) in [6.45, 7) is 0.330. The number of benzene rings is 2. The van der Waals surface area contributed by atoms with Gasteiger partial charge in [-0.3, -0.25) is 24.3 Å². The van der Waals surface area contributed by atoms with Gasteiger partial charge in [0.2, 0.25) is 5.91 Å². The molecule has 0 atom stereocenters. The number of rotatable bonds is 7. The number of aryl methyl sites for hydroxylation is 1. The molecule has 1 aromatic heterocycles. The van der Waals surface area contributed by atoms with E-state index in [0.717, 1.165) is 0 Å². The van der Waals surface area contributed by atoms with Gasteiger partial charge in [-0.25, -0.2) is 4.98 Å². The summed E-state index contributed by atoms with van der Waals surface area (Å²) in [5, 5.41) is 14.0.